The number of aromatic nitrogens is 3. The molecule has 2 rings (SSSR count). The second-order valence-corrected chi connectivity index (χ2v) is 7.34. The first-order valence-corrected chi connectivity index (χ1v) is 6.91. The molecule has 1 aromatic heterocycles. The van der Waals surface area contributed by atoms with Crippen molar-refractivity contribution in [3.05, 3.63) is 11.6 Å². The predicted octanol–water partition coefficient (Wildman–Crippen LogP) is 2.41. The van der Waals surface area contributed by atoms with Gasteiger partial charge in [-0.25, -0.2) is 4.98 Å². The van der Waals surface area contributed by atoms with Gasteiger partial charge in [-0.15, -0.1) is 5.10 Å². The van der Waals surface area contributed by atoms with Crippen molar-refractivity contribution in [1.29, 1.82) is 0 Å². The van der Waals surface area contributed by atoms with Crippen LogP contribution in [-0.2, 0) is 5.41 Å². The van der Waals surface area contributed by atoms with Crippen LogP contribution in [0.3, 0.4) is 0 Å². The summed E-state index contributed by atoms with van der Waals surface area (Å²) in [5, 5.41) is 9.89. The number of amides is 1. The summed E-state index contributed by atoms with van der Waals surface area (Å²) in [6.07, 6.45) is 3.21. The molecule has 19 heavy (non-hydrogen) atoms. The van der Waals surface area contributed by atoms with Crippen LogP contribution in [0.5, 0.6) is 0 Å². The number of aromatic amines is 1. The average Bonchev–Trinajstić information content (AvgIpc) is 2.84. The molecule has 1 amide bonds. The number of nitrogens with zero attached hydrogens (tertiary/aromatic N) is 2. The Morgan fingerprint density at radius 2 is 2.11 bits per heavy atom. The second-order valence-electron chi connectivity index (χ2n) is 7.34. The number of carbonyl (C=O) groups excluding carboxylic acids is 1. The van der Waals surface area contributed by atoms with Crippen LogP contribution in [0.1, 0.15) is 70.3 Å². The normalized spacial score (nSPS) is 22.5. The molecule has 1 unspecified atom stereocenters. The SMILES string of the molecule is CC1(C)CCC(NC(=O)c2n[nH]c(C(C)(C)C)n2)C1. The molecule has 5 nitrogen and oxygen atoms in total. The summed E-state index contributed by atoms with van der Waals surface area (Å²) in [5.41, 5.74) is 0.203. The van der Waals surface area contributed by atoms with Crippen LogP contribution < -0.4 is 5.32 Å². The minimum atomic E-state index is -0.172. The lowest BCUT2D eigenvalue weighted by Gasteiger charge is -2.17. The molecular weight excluding hydrogens is 240 g/mol. The Balaban J connectivity index is 1.99. The third-order valence-corrected chi connectivity index (χ3v) is 3.70. The van der Waals surface area contributed by atoms with Gasteiger partial charge >= 0.3 is 0 Å². The summed E-state index contributed by atoms with van der Waals surface area (Å²) in [6, 6.07) is 0.249. The van der Waals surface area contributed by atoms with Crippen LogP contribution in [-0.4, -0.2) is 27.1 Å². The molecule has 1 aromatic rings. The van der Waals surface area contributed by atoms with Crippen molar-refractivity contribution >= 4 is 5.91 Å². The number of H-pyrrole nitrogens is 1. The number of carbonyl (C=O) groups is 1. The molecule has 0 spiro atoms. The van der Waals surface area contributed by atoms with E-state index < -0.39 is 0 Å². The zero-order valence-corrected chi connectivity index (χ0v) is 12.5. The molecule has 1 fully saturated rings. The van der Waals surface area contributed by atoms with E-state index in [1.165, 1.54) is 0 Å². The van der Waals surface area contributed by atoms with Gasteiger partial charge < -0.3 is 5.32 Å². The zero-order valence-electron chi connectivity index (χ0n) is 12.5. The molecular formula is C14H24N4O. The van der Waals surface area contributed by atoms with E-state index in [1.54, 1.807) is 0 Å². The van der Waals surface area contributed by atoms with Crippen molar-refractivity contribution in [2.24, 2.45) is 5.41 Å². The van der Waals surface area contributed by atoms with E-state index in [9.17, 15) is 4.79 Å². The van der Waals surface area contributed by atoms with E-state index in [-0.39, 0.29) is 23.2 Å². The Hall–Kier alpha value is -1.39. The molecule has 1 aliphatic carbocycles. The van der Waals surface area contributed by atoms with Crippen molar-refractivity contribution in [2.45, 2.75) is 65.3 Å². The predicted molar refractivity (Wildman–Crippen MR) is 74.0 cm³/mol. The molecule has 0 aliphatic heterocycles. The molecule has 106 valence electrons. The van der Waals surface area contributed by atoms with Gasteiger partial charge in [0, 0.05) is 11.5 Å². The quantitative estimate of drug-likeness (QED) is 0.861. The topological polar surface area (TPSA) is 70.7 Å². The van der Waals surface area contributed by atoms with Gasteiger partial charge in [0.25, 0.3) is 5.91 Å². The summed E-state index contributed by atoms with van der Waals surface area (Å²) < 4.78 is 0. The van der Waals surface area contributed by atoms with Crippen LogP contribution in [0.2, 0.25) is 0 Å². The fraction of sp³-hybridized carbons (Fsp3) is 0.786. The Labute approximate surface area is 114 Å². The van der Waals surface area contributed by atoms with Crippen LogP contribution in [0.15, 0.2) is 0 Å². The summed E-state index contributed by atoms with van der Waals surface area (Å²) >= 11 is 0. The van der Waals surface area contributed by atoms with Crippen LogP contribution in [0, 0.1) is 5.41 Å². The zero-order chi connectivity index (χ0) is 14.3. The Bertz CT molecular complexity index is 470. The number of hydrogen-bond acceptors (Lipinski definition) is 3. The second kappa shape index (κ2) is 4.62. The molecule has 0 radical (unpaired) electrons. The molecule has 5 heteroatoms. The van der Waals surface area contributed by atoms with Gasteiger partial charge in [-0.2, -0.15) is 0 Å². The van der Waals surface area contributed by atoms with Crippen LogP contribution in [0.25, 0.3) is 0 Å². The highest BCUT2D eigenvalue weighted by Gasteiger charge is 2.32. The van der Waals surface area contributed by atoms with Crippen LogP contribution in [0.4, 0.5) is 0 Å². The van der Waals surface area contributed by atoms with Crippen molar-refractivity contribution in [3.63, 3.8) is 0 Å². The summed E-state index contributed by atoms with van der Waals surface area (Å²) in [5.74, 6) is 0.813. The molecule has 0 bridgehead atoms. The molecule has 0 saturated heterocycles. The first kappa shape index (κ1) is 14.0. The molecule has 1 atom stereocenters. The first-order valence-electron chi connectivity index (χ1n) is 6.91. The summed E-state index contributed by atoms with van der Waals surface area (Å²) in [4.78, 5) is 16.4. The smallest absolute Gasteiger partial charge is 0.291 e. The van der Waals surface area contributed by atoms with Crippen molar-refractivity contribution in [1.82, 2.24) is 20.5 Å². The Morgan fingerprint density at radius 1 is 1.42 bits per heavy atom. The fourth-order valence-electron chi connectivity index (χ4n) is 2.51. The third-order valence-electron chi connectivity index (χ3n) is 3.70. The van der Waals surface area contributed by atoms with Crippen molar-refractivity contribution in [2.75, 3.05) is 0 Å². The van der Waals surface area contributed by atoms with E-state index in [0.717, 1.165) is 25.1 Å². The molecule has 1 heterocycles. The maximum atomic E-state index is 12.1. The van der Waals surface area contributed by atoms with Gasteiger partial charge in [-0.1, -0.05) is 34.6 Å². The fourth-order valence-corrected chi connectivity index (χ4v) is 2.51. The highest BCUT2D eigenvalue weighted by molar-refractivity contribution is 5.90. The monoisotopic (exact) mass is 264 g/mol. The van der Waals surface area contributed by atoms with Crippen molar-refractivity contribution in [3.8, 4) is 0 Å². The van der Waals surface area contributed by atoms with E-state index in [2.05, 4.69) is 34.3 Å². The molecule has 2 N–H and O–H groups in total. The van der Waals surface area contributed by atoms with Gasteiger partial charge in [0.1, 0.15) is 5.82 Å². The maximum Gasteiger partial charge on any atom is 0.291 e. The maximum absolute atomic E-state index is 12.1. The van der Waals surface area contributed by atoms with Gasteiger partial charge in [0.05, 0.1) is 0 Å². The van der Waals surface area contributed by atoms with E-state index in [4.69, 9.17) is 0 Å². The van der Waals surface area contributed by atoms with Gasteiger partial charge in [-0.3, -0.25) is 9.89 Å². The number of hydrogen-bond donors (Lipinski definition) is 2. The third kappa shape index (κ3) is 3.33. The Kier molecular flexibility index (Phi) is 3.41. The lowest BCUT2D eigenvalue weighted by molar-refractivity contribution is 0.0926. The van der Waals surface area contributed by atoms with Gasteiger partial charge in [-0.05, 0) is 24.7 Å². The molecule has 1 aliphatic rings. The molecule has 1 saturated carbocycles. The van der Waals surface area contributed by atoms with E-state index in [0.29, 0.717) is 5.41 Å². The van der Waals surface area contributed by atoms with Gasteiger partial charge in [0.2, 0.25) is 5.82 Å². The van der Waals surface area contributed by atoms with Crippen molar-refractivity contribution < 1.29 is 4.79 Å². The highest BCUT2D eigenvalue weighted by atomic mass is 16.2. The lowest BCUT2D eigenvalue weighted by atomic mass is 9.92. The van der Waals surface area contributed by atoms with E-state index in [1.807, 2.05) is 20.8 Å². The summed E-state index contributed by atoms with van der Waals surface area (Å²) in [7, 11) is 0. The standard InChI is InChI=1S/C14H24N4O/c1-13(2,3)12-16-10(17-18-12)11(19)15-9-6-7-14(4,5)8-9/h9H,6-8H2,1-5H3,(H,15,19)(H,16,17,18). The highest BCUT2D eigenvalue weighted by Crippen LogP contribution is 2.36. The number of nitrogens with one attached hydrogen (secondary N) is 2. The average molecular weight is 264 g/mol. The van der Waals surface area contributed by atoms with Gasteiger partial charge in [0.15, 0.2) is 0 Å². The van der Waals surface area contributed by atoms with Crippen LogP contribution >= 0.6 is 0 Å². The Morgan fingerprint density at radius 3 is 2.58 bits per heavy atom. The first-order chi connectivity index (χ1) is 8.67. The number of rotatable bonds is 2. The minimum absolute atomic E-state index is 0.124. The lowest BCUT2D eigenvalue weighted by Crippen LogP contribution is -2.34. The van der Waals surface area contributed by atoms with E-state index >= 15 is 0 Å². The summed E-state index contributed by atoms with van der Waals surface area (Å²) in [6.45, 7) is 10.6. The minimum Gasteiger partial charge on any atom is -0.347 e. The molecule has 0 aromatic carbocycles. The largest absolute Gasteiger partial charge is 0.347 e.